The number of amides is 1. The highest BCUT2D eigenvalue weighted by Gasteiger charge is 2.22. The summed E-state index contributed by atoms with van der Waals surface area (Å²) in [6.45, 7) is 0. The molecule has 1 aromatic heterocycles. The van der Waals surface area contributed by atoms with E-state index in [1.54, 1.807) is 0 Å². The molecule has 100 valence electrons. The first-order valence-electron chi connectivity index (χ1n) is 5.78. The molecule has 8 heteroatoms. The van der Waals surface area contributed by atoms with Crippen molar-refractivity contribution >= 4 is 21.6 Å². The zero-order chi connectivity index (χ0) is 13.2. The van der Waals surface area contributed by atoms with Crippen LogP contribution in [0.1, 0.15) is 36.2 Å². The number of H-pyrrole nitrogens is 1. The summed E-state index contributed by atoms with van der Waals surface area (Å²) in [5.41, 5.74) is 0.250. The van der Waals surface area contributed by atoms with Crippen molar-refractivity contribution in [2.45, 2.75) is 31.7 Å². The Hall–Kier alpha value is -1.57. The van der Waals surface area contributed by atoms with E-state index in [0.717, 1.165) is 31.9 Å². The molecule has 0 aliphatic heterocycles. The molecule has 18 heavy (non-hydrogen) atoms. The summed E-state index contributed by atoms with van der Waals surface area (Å²) in [5, 5.41) is 9.12. The van der Waals surface area contributed by atoms with E-state index in [1.807, 2.05) is 0 Å². The maximum absolute atomic E-state index is 11.9. The molecule has 0 radical (unpaired) electrons. The van der Waals surface area contributed by atoms with Crippen LogP contribution in [-0.2, 0) is 10.0 Å². The lowest BCUT2D eigenvalue weighted by Gasteiger charge is -2.11. The Morgan fingerprint density at radius 2 is 2.11 bits per heavy atom. The second-order valence-corrected chi connectivity index (χ2v) is 6.23. The third-order valence-electron chi connectivity index (χ3n) is 2.84. The molecule has 1 aliphatic rings. The normalized spacial score (nSPS) is 16.7. The number of hydrogen-bond acceptors (Lipinski definition) is 4. The van der Waals surface area contributed by atoms with Crippen LogP contribution in [0.5, 0.6) is 0 Å². The summed E-state index contributed by atoms with van der Waals surface area (Å²) in [7, 11) is -3.42. The van der Waals surface area contributed by atoms with Crippen LogP contribution < -0.4 is 10.0 Å². The van der Waals surface area contributed by atoms with Crippen LogP contribution in [0.3, 0.4) is 0 Å². The molecule has 0 aromatic carbocycles. The van der Waals surface area contributed by atoms with Gasteiger partial charge in [-0.25, -0.2) is 8.42 Å². The van der Waals surface area contributed by atoms with Gasteiger partial charge in [0.25, 0.3) is 5.91 Å². The average molecular weight is 272 g/mol. The summed E-state index contributed by atoms with van der Waals surface area (Å²) in [6.07, 6.45) is 6.53. The molecule has 0 bridgehead atoms. The van der Waals surface area contributed by atoms with Crippen LogP contribution in [0, 0.1) is 0 Å². The Balaban J connectivity index is 2.08. The minimum atomic E-state index is -3.42. The Morgan fingerprint density at radius 3 is 2.72 bits per heavy atom. The first kappa shape index (κ1) is 12.9. The molecule has 0 unspecified atom stereocenters. The van der Waals surface area contributed by atoms with Crippen LogP contribution in [0.15, 0.2) is 6.20 Å². The van der Waals surface area contributed by atoms with E-state index in [4.69, 9.17) is 0 Å². The number of hydrogen-bond donors (Lipinski definition) is 3. The van der Waals surface area contributed by atoms with E-state index in [-0.39, 0.29) is 23.3 Å². The predicted molar refractivity (Wildman–Crippen MR) is 66.8 cm³/mol. The zero-order valence-electron chi connectivity index (χ0n) is 10.1. The second kappa shape index (κ2) is 4.97. The number of anilines is 1. The van der Waals surface area contributed by atoms with E-state index >= 15 is 0 Å². The standard InChI is InChI=1S/C10H16N4O3S/c1-18(16,17)14-8-6-11-13-9(8)10(15)12-7-4-2-3-5-7/h6-7,14H,2-5H2,1H3,(H,11,13)(H,12,15). The third-order valence-corrected chi connectivity index (χ3v) is 3.43. The van der Waals surface area contributed by atoms with Gasteiger partial charge in [0.15, 0.2) is 5.69 Å². The molecule has 2 rings (SSSR count). The van der Waals surface area contributed by atoms with Crippen molar-refractivity contribution < 1.29 is 13.2 Å². The summed E-state index contributed by atoms with van der Waals surface area (Å²) in [5.74, 6) is -0.352. The number of carbonyl (C=O) groups is 1. The van der Waals surface area contributed by atoms with Crippen molar-refractivity contribution in [1.29, 1.82) is 0 Å². The van der Waals surface area contributed by atoms with Crippen molar-refractivity contribution in [2.75, 3.05) is 11.0 Å². The van der Waals surface area contributed by atoms with Gasteiger partial charge in [-0.1, -0.05) is 12.8 Å². The third kappa shape index (κ3) is 3.22. The molecule has 0 atom stereocenters. The Labute approximate surface area is 105 Å². The van der Waals surface area contributed by atoms with Crippen molar-refractivity contribution in [3.8, 4) is 0 Å². The minimum Gasteiger partial charge on any atom is -0.348 e. The van der Waals surface area contributed by atoms with Crippen molar-refractivity contribution in [2.24, 2.45) is 0 Å². The van der Waals surface area contributed by atoms with Gasteiger partial charge in [0.05, 0.1) is 11.9 Å². The zero-order valence-corrected chi connectivity index (χ0v) is 10.9. The van der Waals surface area contributed by atoms with E-state index in [1.165, 1.54) is 6.20 Å². The number of nitrogens with zero attached hydrogens (tertiary/aromatic N) is 1. The fourth-order valence-electron chi connectivity index (χ4n) is 2.06. The van der Waals surface area contributed by atoms with Gasteiger partial charge in [-0.05, 0) is 12.8 Å². The van der Waals surface area contributed by atoms with E-state index in [2.05, 4.69) is 20.2 Å². The van der Waals surface area contributed by atoms with Gasteiger partial charge in [-0.15, -0.1) is 0 Å². The van der Waals surface area contributed by atoms with Gasteiger partial charge < -0.3 is 5.32 Å². The highest BCUT2D eigenvalue weighted by atomic mass is 32.2. The van der Waals surface area contributed by atoms with E-state index in [9.17, 15) is 13.2 Å². The molecule has 0 saturated heterocycles. The smallest absolute Gasteiger partial charge is 0.274 e. The van der Waals surface area contributed by atoms with Crippen LogP contribution in [-0.4, -0.2) is 36.8 Å². The van der Waals surface area contributed by atoms with Gasteiger partial charge in [0.1, 0.15) is 0 Å². The first-order chi connectivity index (χ1) is 8.46. The molecule has 1 fully saturated rings. The lowest BCUT2D eigenvalue weighted by molar-refractivity contribution is 0.0933. The number of rotatable bonds is 4. The van der Waals surface area contributed by atoms with E-state index in [0.29, 0.717) is 0 Å². The van der Waals surface area contributed by atoms with Gasteiger partial charge in [0.2, 0.25) is 10.0 Å². The SMILES string of the molecule is CS(=O)(=O)Nc1c[nH]nc1C(=O)NC1CCCC1. The lowest BCUT2D eigenvalue weighted by atomic mass is 10.2. The van der Waals surface area contributed by atoms with Gasteiger partial charge >= 0.3 is 0 Å². The summed E-state index contributed by atoms with van der Waals surface area (Å²) < 4.78 is 24.5. The maximum Gasteiger partial charge on any atom is 0.274 e. The molecular formula is C10H16N4O3S. The molecule has 0 spiro atoms. The number of aromatic amines is 1. The second-order valence-electron chi connectivity index (χ2n) is 4.48. The highest BCUT2D eigenvalue weighted by Crippen LogP contribution is 2.19. The average Bonchev–Trinajstić information content (AvgIpc) is 2.86. The quantitative estimate of drug-likeness (QED) is 0.740. The van der Waals surface area contributed by atoms with Gasteiger partial charge in [0, 0.05) is 12.2 Å². The van der Waals surface area contributed by atoms with Crippen LogP contribution >= 0.6 is 0 Å². The van der Waals surface area contributed by atoms with Crippen LogP contribution in [0.2, 0.25) is 0 Å². The predicted octanol–water partition coefficient (Wildman–Crippen LogP) is 0.454. The Kier molecular flexibility index (Phi) is 3.55. The molecule has 1 saturated carbocycles. The van der Waals surface area contributed by atoms with Gasteiger partial charge in [-0.2, -0.15) is 5.10 Å². The molecule has 1 heterocycles. The largest absolute Gasteiger partial charge is 0.348 e. The number of sulfonamides is 1. The molecule has 3 N–H and O–H groups in total. The number of aromatic nitrogens is 2. The minimum absolute atomic E-state index is 0.0762. The molecule has 1 aromatic rings. The Morgan fingerprint density at radius 1 is 1.44 bits per heavy atom. The number of nitrogens with one attached hydrogen (secondary N) is 3. The summed E-state index contributed by atoms with van der Waals surface area (Å²) >= 11 is 0. The van der Waals surface area contributed by atoms with Gasteiger partial charge in [-0.3, -0.25) is 14.6 Å². The first-order valence-corrected chi connectivity index (χ1v) is 7.67. The van der Waals surface area contributed by atoms with Crippen molar-refractivity contribution in [3.05, 3.63) is 11.9 Å². The molecule has 1 aliphatic carbocycles. The highest BCUT2D eigenvalue weighted by molar-refractivity contribution is 7.92. The van der Waals surface area contributed by atoms with Crippen molar-refractivity contribution in [3.63, 3.8) is 0 Å². The monoisotopic (exact) mass is 272 g/mol. The maximum atomic E-state index is 11.9. The summed E-state index contributed by atoms with van der Waals surface area (Å²) in [6, 6.07) is 0.167. The molecule has 7 nitrogen and oxygen atoms in total. The van der Waals surface area contributed by atoms with Crippen molar-refractivity contribution in [1.82, 2.24) is 15.5 Å². The van der Waals surface area contributed by atoms with Crippen LogP contribution in [0.4, 0.5) is 5.69 Å². The molecular weight excluding hydrogens is 256 g/mol. The fourth-order valence-corrected chi connectivity index (χ4v) is 2.62. The lowest BCUT2D eigenvalue weighted by Crippen LogP contribution is -2.33. The molecule has 1 amide bonds. The van der Waals surface area contributed by atoms with Crippen LogP contribution in [0.25, 0.3) is 0 Å². The topological polar surface area (TPSA) is 104 Å². The summed E-state index contributed by atoms with van der Waals surface area (Å²) in [4.78, 5) is 11.9. The fraction of sp³-hybridized carbons (Fsp3) is 0.600. The Bertz CT molecular complexity index is 531. The van der Waals surface area contributed by atoms with E-state index < -0.39 is 10.0 Å². The number of carbonyl (C=O) groups excluding carboxylic acids is 1.